The van der Waals surface area contributed by atoms with Crippen LogP contribution in [0.25, 0.3) is 0 Å². The maximum absolute atomic E-state index is 2.69. The second-order valence-corrected chi connectivity index (χ2v) is 29.8. The summed E-state index contributed by atoms with van der Waals surface area (Å²) in [5.74, 6) is 5.01. The molecule has 0 aromatic carbocycles. The fourth-order valence-electron chi connectivity index (χ4n) is 3.25. The Morgan fingerprint density at radius 1 is 0.478 bits per heavy atom. The summed E-state index contributed by atoms with van der Waals surface area (Å²) < 4.78 is 0. The van der Waals surface area contributed by atoms with Crippen molar-refractivity contribution in [1.82, 2.24) is 0 Å². The number of rotatable bonds is 9. The van der Waals surface area contributed by atoms with Gasteiger partial charge in [-0.15, -0.1) is 0 Å². The Balaban J connectivity index is -0.000000382. The third-order valence-electron chi connectivity index (χ3n) is 3.47. The van der Waals surface area contributed by atoms with Crippen LogP contribution in [0, 0.1) is 0 Å². The predicted molar refractivity (Wildman–Crippen MR) is 137 cm³/mol. The third-order valence-corrected chi connectivity index (χ3v) is 25.2. The average molecular weight is 479 g/mol. The fourth-order valence-corrected chi connectivity index (χ4v) is 32.6. The van der Waals surface area contributed by atoms with Crippen molar-refractivity contribution in [3.63, 3.8) is 0 Å². The van der Waals surface area contributed by atoms with Gasteiger partial charge in [0.2, 0.25) is 0 Å². The molecule has 0 unspecified atom stereocenters. The molecular formula is C16H48FeP5Si+5. The van der Waals surface area contributed by atoms with E-state index in [1.165, 1.54) is 12.3 Å². The molecule has 0 spiro atoms. The first-order chi connectivity index (χ1) is 9.88. The van der Waals surface area contributed by atoms with E-state index in [1.807, 2.05) is 0 Å². The van der Waals surface area contributed by atoms with E-state index < -0.39 is 8.07 Å². The minimum absolute atomic E-state index is 0. The van der Waals surface area contributed by atoms with E-state index in [1.54, 1.807) is 17.4 Å². The normalized spacial score (nSPS) is 12.0. The van der Waals surface area contributed by atoms with Gasteiger partial charge in [0.25, 0.3) is 0 Å². The molecule has 0 saturated heterocycles. The first-order valence-electron chi connectivity index (χ1n) is 8.83. The maximum atomic E-state index is 2.69. The van der Waals surface area contributed by atoms with Crippen molar-refractivity contribution in [2.75, 3.05) is 96.3 Å². The van der Waals surface area contributed by atoms with Crippen LogP contribution in [-0.4, -0.2) is 104 Å². The summed E-state index contributed by atoms with van der Waals surface area (Å²) in [5.41, 5.74) is 0. The van der Waals surface area contributed by atoms with Crippen LogP contribution in [0.2, 0.25) is 6.55 Å². The molecule has 0 saturated carbocycles. The first kappa shape index (κ1) is 30.6. The van der Waals surface area contributed by atoms with Crippen molar-refractivity contribution in [3.8, 4) is 0 Å². The van der Waals surface area contributed by atoms with Crippen LogP contribution in [0.1, 0.15) is 0 Å². The largest absolute Gasteiger partial charge is 0.177 e. The molecule has 0 N–H and O–H groups in total. The molecule has 23 heavy (non-hydrogen) atoms. The van der Waals surface area contributed by atoms with Crippen LogP contribution in [-0.2, 0) is 17.1 Å². The van der Waals surface area contributed by atoms with Gasteiger partial charge in [-0.05, 0) is 39.6 Å². The van der Waals surface area contributed by atoms with Crippen molar-refractivity contribution in [2.24, 2.45) is 0 Å². The molecule has 0 radical (unpaired) electrons. The standard InChI is InChI=1S/C10H27P3Si.C6H16P2.Fe/c1-11(2)8-14(7,9-12(3)4)10-13(5)6;1-7(2)5-6-8(3)4;/h8-10H2,1-7H3;5-6H2,1-4H3;/p+5. The fraction of sp³-hybridized carbons (Fsp3) is 1.00. The van der Waals surface area contributed by atoms with E-state index in [-0.39, 0.29) is 56.7 Å². The van der Waals surface area contributed by atoms with Crippen molar-refractivity contribution < 1.29 is 17.1 Å². The Kier molecular flexibility index (Phi) is 22.6. The molecule has 0 fully saturated rings. The minimum Gasteiger partial charge on any atom is -0.0596 e. The Bertz CT molecular complexity index is 226. The second kappa shape index (κ2) is 17.0. The molecule has 0 bridgehead atoms. The van der Waals surface area contributed by atoms with Gasteiger partial charge in [-0.3, -0.25) is 0 Å². The van der Waals surface area contributed by atoms with Gasteiger partial charge in [-0.2, -0.15) is 0 Å². The van der Waals surface area contributed by atoms with E-state index in [0.717, 1.165) is 0 Å². The Morgan fingerprint density at radius 3 is 0.826 bits per heavy atom. The Hall–Kier alpha value is 2.89. The topological polar surface area (TPSA) is 0 Å². The van der Waals surface area contributed by atoms with Gasteiger partial charge in [-0.1, -0.05) is 6.55 Å². The molecule has 0 amide bonds. The van der Waals surface area contributed by atoms with Gasteiger partial charge in [0.05, 0.1) is 29.7 Å². The Labute approximate surface area is 167 Å². The third kappa shape index (κ3) is 24.9. The average Bonchev–Trinajstić information content (AvgIpc) is 2.22. The minimum atomic E-state index is -0.803. The molecule has 144 valence electrons. The summed E-state index contributed by atoms with van der Waals surface area (Å²) in [6.07, 6.45) is 3.07. The summed E-state index contributed by atoms with van der Waals surface area (Å²) in [6, 6.07) is 0. The van der Waals surface area contributed by atoms with Gasteiger partial charge < -0.3 is 0 Å². The summed E-state index contributed by atoms with van der Waals surface area (Å²) >= 11 is 0. The SMILES string of the molecule is C[PH+](C)CC[PH+](C)C.C[PH+](C)C[Si](C)(C[PH+](C)C)C[PH+](C)C.[Fe]. The molecule has 0 heterocycles. The van der Waals surface area contributed by atoms with Crippen LogP contribution >= 0.6 is 39.6 Å². The van der Waals surface area contributed by atoms with E-state index in [0.29, 0.717) is 0 Å². The molecule has 0 aromatic heterocycles. The monoisotopic (exact) mass is 479 g/mol. The van der Waals surface area contributed by atoms with E-state index >= 15 is 0 Å². The van der Waals surface area contributed by atoms with Crippen LogP contribution < -0.4 is 0 Å². The molecule has 0 rings (SSSR count). The molecule has 0 aliphatic heterocycles. The van der Waals surface area contributed by atoms with Crippen molar-refractivity contribution in [1.29, 1.82) is 0 Å². The van der Waals surface area contributed by atoms with Crippen LogP contribution in [0.4, 0.5) is 0 Å². The van der Waals surface area contributed by atoms with Gasteiger partial charge in [0, 0.05) is 83.7 Å². The predicted octanol–water partition coefficient (Wildman–Crippen LogP) is 5.04. The summed E-state index contributed by atoms with van der Waals surface area (Å²) in [5, 5.41) is 0. The van der Waals surface area contributed by atoms with Crippen LogP contribution in [0.15, 0.2) is 0 Å². The first-order valence-corrected chi connectivity index (χ1v) is 25.5. The molecular weight excluding hydrogens is 431 g/mol. The molecule has 0 aromatic rings. The number of hydrogen-bond acceptors (Lipinski definition) is 0. The van der Waals surface area contributed by atoms with Crippen molar-refractivity contribution in [2.45, 2.75) is 6.55 Å². The molecule has 0 nitrogen and oxygen atoms in total. The van der Waals surface area contributed by atoms with E-state index in [4.69, 9.17) is 0 Å². The van der Waals surface area contributed by atoms with Crippen LogP contribution in [0.5, 0.6) is 0 Å². The van der Waals surface area contributed by atoms with Gasteiger partial charge in [0.1, 0.15) is 0 Å². The molecule has 0 aliphatic rings. The second-order valence-electron chi connectivity index (χ2n) is 8.88. The maximum Gasteiger partial charge on any atom is 0.177 e. The van der Waals surface area contributed by atoms with E-state index in [9.17, 15) is 0 Å². The zero-order valence-electron chi connectivity index (χ0n) is 17.9. The smallest absolute Gasteiger partial charge is 0.0596 e. The summed E-state index contributed by atoms with van der Waals surface area (Å²) in [7, 11) is -0.573. The van der Waals surface area contributed by atoms with Crippen molar-refractivity contribution >= 4 is 47.7 Å². The van der Waals surface area contributed by atoms with Gasteiger partial charge >= 0.3 is 0 Å². The Morgan fingerprint density at radius 2 is 0.696 bits per heavy atom. The van der Waals surface area contributed by atoms with Crippen molar-refractivity contribution in [3.05, 3.63) is 0 Å². The molecule has 0 atom stereocenters. The molecule has 0 aliphatic carbocycles. The van der Waals surface area contributed by atoms with Gasteiger partial charge in [-0.25, -0.2) is 0 Å². The zero-order valence-corrected chi connectivity index (χ0v) is 25.0. The van der Waals surface area contributed by atoms with Gasteiger partial charge in [0.15, 0.2) is 8.07 Å². The summed E-state index contributed by atoms with van der Waals surface area (Å²) in [4.78, 5) is 0. The zero-order chi connectivity index (χ0) is 17.9. The van der Waals surface area contributed by atoms with Crippen LogP contribution in [0.3, 0.4) is 0 Å². The quantitative estimate of drug-likeness (QED) is 0.321. The molecule has 7 heteroatoms. The number of hydrogen-bond donors (Lipinski definition) is 0. The van der Waals surface area contributed by atoms with E-state index in [2.05, 4.69) is 73.2 Å². The summed E-state index contributed by atoms with van der Waals surface area (Å²) in [6.45, 7) is 27.3.